The average molecular weight is 153 g/mol. The van der Waals surface area contributed by atoms with Crippen LogP contribution in [0.5, 0.6) is 0 Å². The van der Waals surface area contributed by atoms with E-state index in [1.807, 2.05) is 0 Å². The number of rotatable bonds is 4. The Morgan fingerprint density at radius 2 is 2.36 bits per heavy atom. The maximum absolute atomic E-state index is 3.47. The van der Waals surface area contributed by atoms with Crippen molar-refractivity contribution >= 4 is 0 Å². The number of nitrogens with one attached hydrogen (secondary N) is 1. The van der Waals surface area contributed by atoms with Gasteiger partial charge in [-0.3, -0.25) is 0 Å². The smallest absolute Gasteiger partial charge is 0.00174 e. The van der Waals surface area contributed by atoms with Crippen molar-refractivity contribution in [2.45, 2.75) is 32.6 Å². The van der Waals surface area contributed by atoms with Crippen LogP contribution in [-0.4, -0.2) is 13.1 Å². The van der Waals surface area contributed by atoms with Crippen molar-refractivity contribution in [2.24, 2.45) is 5.92 Å². The van der Waals surface area contributed by atoms with Crippen LogP contribution < -0.4 is 5.32 Å². The second-order valence-electron chi connectivity index (χ2n) is 3.35. The van der Waals surface area contributed by atoms with Crippen molar-refractivity contribution in [2.75, 3.05) is 13.1 Å². The van der Waals surface area contributed by atoms with E-state index in [2.05, 4.69) is 24.4 Å². The minimum absolute atomic E-state index is 0.909. The monoisotopic (exact) mass is 153 g/mol. The predicted molar refractivity (Wildman–Crippen MR) is 49.6 cm³/mol. The van der Waals surface area contributed by atoms with Gasteiger partial charge in [0.2, 0.25) is 0 Å². The van der Waals surface area contributed by atoms with E-state index in [0.29, 0.717) is 0 Å². The number of hydrogen-bond acceptors (Lipinski definition) is 1. The van der Waals surface area contributed by atoms with Crippen molar-refractivity contribution < 1.29 is 0 Å². The lowest BCUT2D eigenvalue weighted by Crippen LogP contribution is -2.23. The lowest BCUT2D eigenvalue weighted by Gasteiger charge is -2.17. The molecule has 1 heteroatoms. The Balaban J connectivity index is 2.02. The van der Waals surface area contributed by atoms with Gasteiger partial charge in [0.1, 0.15) is 0 Å². The Morgan fingerprint density at radius 3 is 3.00 bits per heavy atom. The Morgan fingerprint density at radius 1 is 1.45 bits per heavy atom. The molecule has 0 fully saturated rings. The van der Waals surface area contributed by atoms with E-state index in [1.165, 1.54) is 38.8 Å². The molecule has 1 unspecified atom stereocenters. The van der Waals surface area contributed by atoms with E-state index >= 15 is 0 Å². The molecule has 1 atom stereocenters. The lowest BCUT2D eigenvalue weighted by atomic mass is 9.94. The molecule has 1 aliphatic rings. The Bertz CT molecular complexity index is 118. The van der Waals surface area contributed by atoms with Gasteiger partial charge < -0.3 is 5.32 Å². The average Bonchev–Trinajstić information content (AvgIpc) is 2.07. The predicted octanol–water partition coefficient (Wildman–Crippen LogP) is 2.34. The minimum atomic E-state index is 0.909. The molecule has 0 saturated carbocycles. The van der Waals surface area contributed by atoms with Crippen LogP contribution in [0.25, 0.3) is 0 Å². The van der Waals surface area contributed by atoms with Gasteiger partial charge in [-0.05, 0) is 44.7 Å². The zero-order valence-corrected chi connectivity index (χ0v) is 7.47. The van der Waals surface area contributed by atoms with Crippen molar-refractivity contribution in [3.8, 4) is 0 Å². The molecule has 0 aliphatic heterocycles. The van der Waals surface area contributed by atoms with Crippen LogP contribution in [-0.2, 0) is 0 Å². The summed E-state index contributed by atoms with van der Waals surface area (Å²) < 4.78 is 0. The van der Waals surface area contributed by atoms with E-state index in [4.69, 9.17) is 0 Å². The van der Waals surface area contributed by atoms with Crippen LogP contribution in [0.1, 0.15) is 32.6 Å². The molecule has 11 heavy (non-hydrogen) atoms. The molecule has 0 bridgehead atoms. The normalized spacial score (nSPS) is 23.9. The van der Waals surface area contributed by atoms with Gasteiger partial charge >= 0.3 is 0 Å². The highest BCUT2D eigenvalue weighted by atomic mass is 14.8. The first-order chi connectivity index (χ1) is 5.43. The summed E-state index contributed by atoms with van der Waals surface area (Å²) in [5.41, 5.74) is 0. The maximum Gasteiger partial charge on any atom is -0.00174 e. The molecule has 0 saturated heterocycles. The van der Waals surface area contributed by atoms with Gasteiger partial charge in [-0.15, -0.1) is 0 Å². The Hall–Kier alpha value is -0.300. The number of allylic oxidation sites excluding steroid dienone is 2. The van der Waals surface area contributed by atoms with Crippen LogP contribution in [0.4, 0.5) is 0 Å². The third-order valence-electron chi connectivity index (χ3n) is 2.24. The van der Waals surface area contributed by atoms with E-state index < -0.39 is 0 Å². The first kappa shape index (κ1) is 8.79. The van der Waals surface area contributed by atoms with Crippen molar-refractivity contribution in [3.05, 3.63) is 12.2 Å². The van der Waals surface area contributed by atoms with Crippen LogP contribution in [0.15, 0.2) is 12.2 Å². The Kier molecular flexibility index (Phi) is 4.29. The zero-order valence-electron chi connectivity index (χ0n) is 7.47. The van der Waals surface area contributed by atoms with Crippen LogP contribution >= 0.6 is 0 Å². The topological polar surface area (TPSA) is 12.0 Å². The van der Waals surface area contributed by atoms with Gasteiger partial charge in [-0.1, -0.05) is 19.1 Å². The first-order valence-corrected chi connectivity index (χ1v) is 4.79. The summed E-state index contributed by atoms with van der Waals surface area (Å²) in [5, 5.41) is 3.47. The molecule has 64 valence electrons. The van der Waals surface area contributed by atoms with E-state index in [0.717, 1.165) is 5.92 Å². The quantitative estimate of drug-likeness (QED) is 0.483. The van der Waals surface area contributed by atoms with Crippen molar-refractivity contribution in [1.82, 2.24) is 5.32 Å². The zero-order chi connectivity index (χ0) is 7.94. The summed E-state index contributed by atoms with van der Waals surface area (Å²) in [7, 11) is 0. The molecular weight excluding hydrogens is 134 g/mol. The first-order valence-electron chi connectivity index (χ1n) is 4.79. The summed E-state index contributed by atoms with van der Waals surface area (Å²) in [5.74, 6) is 0.909. The lowest BCUT2D eigenvalue weighted by molar-refractivity contribution is 0.441. The molecule has 0 heterocycles. The SMILES string of the molecule is CCCNCC1CC=CCC1. The van der Waals surface area contributed by atoms with E-state index in [-0.39, 0.29) is 0 Å². The van der Waals surface area contributed by atoms with Crippen molar-refractivity contribution in [3.63, 3.8) is 0 Å². The molecule has 0 aromatic rings. The minimum Gasteiger partial charge on any atom is -0.316 e. The molecule has 1 nitrogen and oxygen atoms in total. The largest absolute Gasteiger partial charge is 0.316 e. The van der Waals surface area contributed by atoms with Crippen molar-refractivity contribution in [1.29, 1.82) is 0 Å². The van der Waals surface area contributed by atoms with Gasteiger partial charge in [-0.2, -0.15) is 0 Å². The van der Waals surface area contributed by atoms with Gasteiger partial charge in [0.05, 0.1) is 0 Å². The highest BCUT2D eigenvalue weighted by molar-refractivity contribution is 4.90. The molecule has 0 radical (unpaired) electrons. The summed E-state index contributed by atoms with van der Waals surface area (Å²) in [4.78, 5) is 0. The third kappa shape index (κ3) is 3.57. The number of hydrogen-bond donors (Lipinski definition) is 1. The second kappa shape index (κ2) is 5.36. The maximum atomic E-state index is 3.47. The third-order valence-corrected chi connectivity index (χ3v) is 2.24. The summed E-state index contributed by atoms with van der Waals surface area (Å²) >= 11 is 0. The second-order valence-corrected chi connectivity index (χ2v) is 3.35. The molecule has 1 rings (SSSR count). The Labute approximate surface area is 69.9 Å². The fraction of sp³-hybridized carbons (Fsp3) is 0.800. The fourth-order valence-corrected chi connectivity index (χ4v) is 1.52. The molecule has 0 aromatic heterocycles. The highest BCUT2D eigenvalue weighted by Gasteiger charge is 2.07. The van der Waals surface area contributed by atoms with Crippen LogP contribution in [0, 0.1) is 5.92 Å². The van der Waals surface area contributed by atoms with Crippen LogP contribution in [0.3, 0.4) is 0 Å². The summed E-state index contributed by atoms with van der Waals surface area (Å²) in [6.45, 7) is 4.62. The molecule has 0 aromatic carbocycles. The molecular formula is C10H19N. The van der Waals surface area contributed by atoms with Crippen LogP contribution in [0.2, 0.25) is 0 Å². The standard InChI is InChI=1S/C10H19N/c1-2-8-11-9-10-6-4-3-5-7-10/h3-4,10-11H,2,5-9H2,1H3. The highest BCUT2D eigenvalue weighted by Crippen LogP contribution is 2.16. The molecule has 1 N–H and O–H groups in total. The molecule has 1 aliphatic carbocycles. The van der Waals surface area contributed by atoms with Gasteiger partial charge in [-0.25, -0.2) is 0 Å². The van der Waals surface area contributed by atoms with E-state index in [9.17, 15) is 0 Å². The van der Waals surface area contributed by atoms with Gasteiger partial charge in [0.15, 0.2) is 0 Å². The molecule has 0 spiro atoms. The van der Waals surface area contributed by atoms with Gasteiger partial charge in [0, 0.05) is 0 Å². The molecule has 0 amide bonds. The van der Waals surface area contributed by atoms with Gasteiger partial charge in [0.25, 0.3) is 0 Å². The van der Waals surface area contributed by atoms with E-state index in [1.54, 1.807) is 0 Å². The summed E-state index contributed by atoms with van der Waals surface area (Å²) in [6.07, 6.45) is 9.84. The summed E-state index contributed by atoms with van der Waals surface area (Å²) in [6, 6.07) is 0. The fourth-order valence-electron chi connectivity index (χ4n) is 1.52.